The third-order valence-electron chi connectivity index (χ3n) is 7.10. The molecule has 2 atom stereocenters. The molecular weight excluding hydrogens is 466 g/mol. The minimum absolute atomic E-state index is 0.0943. The van der Waals surface area contributed by atoms with Crippen LogP contribution in [0, 0.1) is 6.92 Å². The van der Waals surface area contributed by atoms with Crippen molar-refractivity contribution in [2.45, 2.75) is 43.4 Å². The van der Waals surface area contributed by atoms with Crippen LogP contribution in [-0.4, -0.2) is 17.9 Å². The number of Topliss-reactive ketones (excluding diaryl/α,β-unsaturated/α-hetero) is 1. The standard InChI is InChI=1S/C30H29N3O2S/c1-18-8-7-15-31-29(18)33-30(35)26-19(2)32-24-16-22(20-9-5-4-6-10-20)17-25(34)28(24)27(26)21-11-13-23(36-3)14-12-21/h4-15,22,27,32H,16-17H2,1-3H3,(H,31,33,35)/p+1. The molecule has 3 N–H and O–H groups in total. The Kier molecular flexibility index (Phi) is 6.79. The maximum atomic E-state index is 13.7. The Hall–Kier alpha value is -3.64. The molecule has 0 saturated heterocycles. The molecule has 1 aliphatic carbocycles. The number of nitrogens with one attached hydrogen (secondary N) is 3. The van der Waals surface area contributed by atoms with Crippen LogP contribution in [0.1, 0.15) is 48.3 Å². The van der Waals surface area contributed by atoms with E-state index in [0.29, 0.717) is 23.4 Å². The zero-order valence-corrected chi connectivity index (χ0v) is 21.5. The summed E-state index contributed by atoms with van der Waals surface area (Å²) < 4.78 is 0. The topological polar surface area (TPSA) is 72.3 Å². The van der Waals surface area contributed by atoms with Crippen LogP contribution in [0.25, 0.3) is 0 Å². The number of hydrogen-bond acceptors (Lipinski definition) is 4. The van der Waals surface area contributed by atoms with Gasteiger partial charge in [0.05, 0.1) is 11.8 Å². The Morgan fingerprint density at radius 3 is 2.42 bits per heavy atom. The summed E-state index contributed by atoms with van der Waals surface area (Å²) in [5.41, 5.74) is 6.05. The number of pyridine rings is 1. The molecule has 2 aliphatic rings. The molecule has 1 aliphatic heterocycles. The predicted molar refractivity (Wildman–Crippen MR) is 144 cm³/mol. The molecule has 0 fully saturated rings. The number of dihydropyridines is 1. The highest BCUT2D eigenvalue weighted by atomic mass is 32.2. The summed E-state index contributed by atoms with van der Waals surface area (Å²) in [6.45, 7) is 3.88. The number of aromatic nitrogens is 1. The third-order valence-corrected chi connectivity index (χ3v) is 7.84. The molecular formula is C30H30N3O2S+. The van der Waals surface area contributed by atoms with E-state index in [1.165, 1.54) is 5.56 Å². The maximum absolute atomic E-state index is 13.7. The van der Waals surface area contributed by atoms with Crippen LogP contribution in [0.2, 0.25) is 0 Å². The van der Waals surface area contributed by atoms with E-state index in [1.807, 2.05) is 62.6 Å². The van der Waals surface area contributed by atoms with E-state index >= 15 is 0 Å². The minimum atomic E-state index is -0.426. The van der Waals surface area contributed by atoms with Gasteiger partial charge in [0, 0.05) is 39.8 Å². The highest BCUT2D eigenvalue weighted by Gasteiger charge is 2.42. The number of allylic oxidation sites excluding steroid dienone is 3. The first kappa shape index (κ1) is 24.1. The van der Waals surface area contributed by atoms with Crippen molar-refractivity contribution >= 4 is 29.3 Å². The number of anilines is 1. The molecule has 2 unspecified atom stereocenters. The van der Waals surface area contributed by atoms with Gasteiger partial charge in [0.2, 0.25) is 0 Å². The molecule has 1 aromatic heterocycles. The van der Waals surface area contributed by atoms with Crippen molar-refractivity contribution in [2.24, 2.45) is 0 Å². The van der Waals surface area contributed by atoms with Gasteiger partial charge in [-0.25, -0.2) is 15.1 Å². The molecule has 182 valence electrons. The monoisotopic (exact) mass is 496 g/mol. The van der Waals surface area contributed by atoms with Crippen molar-refractivity contribution in [3.05, 3.63) is 112 Å². The minimum Gasteiger partial charge on any atom is -0.362 e. The Balaban J connectivity index is 1.57. The van der Waals surface area contributed by atoms with Crippen molar-refractivity contribution in [1.29, 1.82) is 0 Å². The van der Waals surface area contributed by atoms with E-state index in [2.05, 4.69) is 39.9 Å². The summed E-state index contributed by atoms with van der Waals surface area (Å²) in [7, 11) is 0. The summed E-state index contributed by atoms with van der Waals surface area (Å²) >= 11 is 1.67. The maximum Gasteiger partial charge on any atom is 0.337 e. The second-order valence-electron chi connectivity index (χ2n) is 9.38. The van der Waals surface area contributed by atoms with Crippen molar-refractivity contribution in [1.82, 2.24) is 5.32 Å². The van der Waals surface area contributed by atoms with E-state index in [0.717, 1.165) is 33.8 Å². The Morgan fingerprint density at radius 1 is 0.972 bits per heavy atom. The lowest BCUT2D eigenvalue weighted by atomic mass is 9.71. The number of amides is 1. The van der Waals surface area contributed by atoms with Crippen molar-refractivity contribution in [2.75, 3.05) is 11.6 Å². The van der Waals surface area contributed by atoms with E-state index in [1.54, 1.807) is 18.0 Å². The summed E-state index contributed by atoms with van der Waals surface area (Å²) in [6, 6.07) is 22.3. The van der Waals surface area contributed by atoms with Gasteiger partial charge in [-0.2, -0.15) is 0 Å². The molecule has 0 bridgehead atoms. The smallest absolute Gasteiger partial charge is 0.337 e. The average molecular weight is 497 g/mol. The Bertz CT molecular complexity index is 1380. The van der Waals surface area contributed by atoms with Crippen LogP contribution in [0.15, 0.2) is 100 Å². The number of aryl methyl sites for hydroxylation is 1. The highest BCUT2D eigenvalue weighted by Crippen LogP contribution is 2.45. The molecule has 5 rings (SSSR count). The van der Waals surface area contributed by atoms with Crippen molar-refractivity contribution in [3.8, 4) is 0 Å². The van der Waals surface area contributed by atoms with Crippen LogP contribution in [0.5, 0.6) is 0 Å². The van der Waals surface area contributed by atoms with Gasteiger partial charge in [-0.1, -0.05) is 42.5 Å². The molecule has 2 heterocycles. The number of thioether (sulfide) groups is 1. The third kappa shape index (κ3) is 4.61. The number of carbonyl (C=O) groups is 2. The Morgan fingerprint density at radius 2 is 1.72 bits per heavy atom. The highest BCUT2D eigenvalue weighted by molar-refractivity contribution is 7.98. The Labute approximate surface area is 216 Å². The second-order valence-corrected chi connectivity index (χ2v) is 10.3. The van der Waals surface area contributed by atoms with Crippen LogP contribution in [-0.2, 0) is 9.59 Å². The lowest BCUT2D eigenvalue weighted by Gasteiger charge is -2.36. The van der Waals surface area contributed by atoms with Gasteiger partial charge < -0.3 is 5.32 Å². The van der Waals surface area contributed by atoms with Gasteiger partial charge in [0.25, 0.3) is 5.82 Å². The van der Waals surface area contributed by atoms with Crippen LogP contribution >= 0.6 is 11.8 Å². The van der Waals surface area contributed by atoms with Gasteiger partial charge in [-0.3, -0.25) is 4.79 Å². The summed E-state index contributed by atoms with van der Waals surface area (Å²) in [4.78, 5) is 31.7. The lowest BCUT2D eigenvalue weighted by molar-refractivity contribution is -0.361. The van der Waals surface area contributed by atoms with Gasteiger partial charge in [0.15, 0.2) is 5.78 Å². The van der Waals surface area contributed by atoms with Crippen molar-refractivity contribution < 1.29 is 14.6 Å². The predicted octanol–water partition coefficient (Wildman–Crippen LogP) is 5.53. The van der Waals surface area contributed by atoms with Crippen LogP contribution < -0.4 is 15.6 Å². The van der Waals surface area contributed by atoms with Crippen LogP contribution in [0.3, 0.4) is 0 Å². The van der Waals surface area contributed by atoms with E-state index < -0.39 is 5.92 Å². The fraction of sp³-hybridized carbons (Fsp3) is 0.233. The fourth-order valence-corrected chi connectivity index (χ4v) is 5.68. The number of benzene rings is 2. The van der Waals surface area contributed by atoms with Crippen molar-refractivity contribution in [3.63, 3.8) is 0 Å². The molecule has 6 heteroatoms. The molecule has 0 radical (unpaired) electrons. The van der Waals surface area contributed by atoms with Gasteiger partial charge in [-0.15, -0.1) is 11.8 Å². The largest absolute Gasteiger partial charge is 0.362 e. The number of rotatable bonds is 5. The number of carbonyl (C=O) groups excluding carboxylic acids is 2. The zero-order chi connectivity index (χ0) is 25.2. The molecule has 2 aromatic carbocycles. The first-order chi connectivity index (χ1) is 17.5. The number of hydrogen-bond donors (Lipinski definition) is 2. The zero-order valence-electron chi connectivity index (χ0n) is 20.7. The molecule has 0 spiro atoms. The van der Waals surface area contributed by atoms with Crippen LogP contribution in [0.4, 0.5) is 5.82 Å². The summed E-state index contributed by atoms with van der Waals surface area (Å²) in [5, 5.41) is 6.51. The fourth-order valence-electron chi connectivity index (χ4n) is 5.27. The lowest BCUT2D eigenvalue weighted by Crippen LogP contribution is -2.37. The van der Waals surface area contributed by atoms with E-state index in [9.17, 15) is 9.59 Å². The first-order valence-corrected chi connectivity index (χ1v) is 13.4. The molecule has 0 saturated carbocycles. The van der Waals surface area contributed by atoms with Gasteiger partial charge in [0.1, 0.15) is 0 Å². The molecule has 5 nitrogen and oxygen atoms in total. The van der Waals surface area contributed by atoms with Gasteiger partial charge >= 0.3 is 5.91 Å². The number of H-pyrrole nitrogens is 1. The van der Waals surface area contributed by atoms with E-state index in [-0.39, 0.29) is 17.6 Å². The second kappa shape index (κ2) is 10.2. The molecule has 36 heavy (non-hydrogen) atoms. The van der Waals surface area contributed by atoms with Gasteiger partial charge in [-0.05, 0) is 67.8 Å². The normalized spacial score (nSPS) is 19.6. The molecule has 3 aromatic rings. The van der Waals surface area contributed by atoms with E-state index in [4.69, 9.17) is 0 Å². The first-order valence-electron chi connectivity index (χ1n) is 12.2. The quantitative estimate of drug-likeness (QED) is 0.456. The molecule has 1 amide bonds. The summed E-state index contributed by atoms with van der Waals surface area (Å²) in [5.74, 6) is 0.226. The number of aromatic amines is 1. The SMILES string of the molecule is CSc1ccc(C2C(C(=O)Nc3[nH+]cccc3C)=C(C)NC3=C2C(=O)CC(c2ccccc2)C3)cc1. The average Bonchev–Trinajstić information content (AvgIpc) is 2.89. The summed E-state index contributed by atoms with van der Waals surface area (Å²) in [6.07, 6.45) is 5.00. The number of ketones is 1.